The van der Waals surface area contributed by atoms with Crippen molar-refractivity contribution >= 4 is 55.7 Å². The summed E-state index contributed by atoms with van der Waals surface area (Å²) in [5.74, 6) is 0. The average Bonchev–Trinajstić information content (AvgIpc) is 3.03. The molecule has 7 aromatic carbocycles. The SMILES string of the molecule is c1ccc(N(c2ccccc2)c2ccc(N(c3ccc4ccccc4c3)c3ccc4ccccc4c3)cc2)cc1. The first-order chi connectivity index (χ1) is 19.8. The quantitative estimate of drug-likeness (QED) is 0.219. The normalized spacial score (nSPS) is 11.0. The molecule has 0 fully saturated rings. The van der Waals surface area contributed by atoms with Crippen LogP contribution >= 0.6 is 0 Å². The largest absolute Gasteiger partial charge is 0.311 e. The van der Waals surface area contributed by atoms with E-state index < -0.39 is 0 Å². The van der Waals surface area contributed by atoms with Crippen LogP contribution < -0.4 is 9.80 Å². The molecule has 0 N–H and O–H groups in total. The van der Waals surface area contributed by atoms with Gasteiger partial charge in [-0.3, -0.25) is 0 Å². The first-order valence-corrected chi connectivity index (χ1v) is 13.6. The van der Waals surface area contributed by atoms with Crippen LogP contribution in [0.2, 0.25) is 0 Å². The lowest BCUT2D eigenvalue weighted by Crippen LogP contribution is -2.12. The predicted molar refractivity (Wildman–Crippen MR) is 171 cm³/mol. The summed E-state index contributed by atoms with van der Waals surface area (Å²) >= 11 is 0. The zero-order chi connectivity index (χ0) is 26.7. The van der Waals surface area contributed by atoms with Crippen molar-refractivity contribution in [2.45, 2.75) is 0 Å². The van der Waals surface area contributed by atoms with Crippen molar-refractivity contribution in [2.24, 2.45) is 0 Å². The van der Waals surface area contributed by atoms with Gasteiger partial charge < -0.3 is 9.80 Å². The molecule has 7 aromatic rings. The molecule has 0 radical (unpaired) electrons. The summed E-state index contributed by atoms with van der Waals surface area (Å²) in [7, 11) is 0. The molecule has 40 heavy (non-hydrogen) atoms. The van der Waals surface area contributed by atoms with Crippen LogP contribution in [-0.2, 0) is 0 Å². The maximum atomic E-state index is 2.35. The Morgan fingerprint density at radius 3 is 0.950 bits per heavy atom. The number of hydrogen-bond acceptors (Lipinski definition) is 2. The highest BCUT2D eigenvalue weighted by molar-refractivity contribution is 5.92. The van der Waals surface area contributed by atoms with Crippen molar-refractivity contribution in [3.05, 3.63) is 170 Å². The molecular weight excluding hydrogens is 484 g/mol. The standard InChI is InChI=1S/C38H28N2/c1-3-15-33(16-4-1)39(34-17-5-2-6-18-34)35-23-25-36(26-24-35)40(37-21-19-29-11-7-9-13-31(29)27-37)38-22-20-30-12-8-10-14-32(30)28-38/h1-28H. The number of benzene rings is 7. The third-order valence-electron chi connectivity index (χ3n) is 7.38. The molecule has 2 heteroatoms. The summed E-state index contributed by atoms with van der Waals surface area (Å²) < 4.78 is 0. The van der Waals surface area contributed by atoms with E-state index in [1.54, 1.807) is 0 Å². The Morgan fingerprint density at radius 2 is 0.525 bits per heavy atom. The third-order valence-corrected chi connectivity index (χ3v) is 7.38. The lowest BCUT2D eigenvalue weighted by molar-refractivity contribution is 1.26. The summed E-state index contributed by atoms with van der Waals surface area (Å²) in [5.41, 5.74) is 6.73. The van der Waals surface area contributed by atoms with E-state index in [2.05, 4.69) is 180 Å². The van der Waals surface area contributed by atoms with Gasteiger partial charge in [-0.1, -0.05) is 97.1 Å². The molecule has 0 unspecified atom stereocenters. The molecule has 0 aliphatic carbocycles. The maximum absolute atomic E-state index is 2.35. The lowest BCUT2D eigenvalue weighted by atomic mass is 10.1. The van der Waals surface area contributed by atoms with Crippen LogP contribution in [0.25, 0.3) is 21.5 Å². The number of hydrogen-bond donors (Lipinski definition) is 0. The molecule has 0 amide bonds. The molecule has 2 nitrogen and oxygen atoms in total. The summed E-state index contributed by atoms with van der Waals surface area (Å²) in [6, 6.07) is 60.4. The smallest absolute Gasteiger partial charge is 0.0468 e. The van der Waals surface area contributed by atoms with E-state index in [1.165, 1.54) is 21.5 Å². The molecule has 0 bridgehead atoms. The Hall–Kier alpha value is -5.34. The molecule has 0 aliphatic rings. The minimum atomic E-state index is 1.11. The van der Waals surface area contributed by atoms with Crippen molar-refractivity contribution < 1.29 is 0 Å². The van der Waals surface area contributed by atoms with Gasteiger partial charge in [0.05, 0.1) is 0 Å². The highest BCUT2D eigenvalue weighted by Crippen LogP contribution is 2.40. The zero-order valence-corrected chi connectivity index (χ0v) is 22.1. The molecule has 0 atom stereocenters. The van der Waals surface area contributed by atoms with Gasteiger partial charge in [-0.25, -0.2) is 0 Å². The van der Waals surface area contributed by atoms with Gasteiger partial charge in [0.25, 0.3) is 0 Å². The second-order valence-electron chi connectivity index (χ2n) is 9.92. The van der Waals surface area contributed by atoms with Crippen LogP contribution in [0, 0.1) is 0 Å². The molecule has 0 aromatic heterocycles. The highest BCUT2D eigenvalue weighted by Gasteiger charge is 2.16. The van der Waals surface area contributed by atoms with Crippen LogP contribution in [0.3, 0.4) is 0 Å². The molecular formula is C38H28N2. The van der Waals surface area contributed by atoms with Crippen molar-refractivity contribution in [1.82, 2.24) is 0 Å². The van der Waals surface area contributed by atoms with Crippen molar-refractivity contribution in [1.29, 1.82) is 0 Å². The highest BCUT2D eigenvalue weighted by atomic mass is 15.2. The topological polar surface area (TPSA) is 6.48 Å². The Bertz CT molecular complexity index is 1780. The average molecular weight is 513 g/mol. The summed E-state index contributed by atoms with van der Waals surface area (Å²) in [6.07, 6.45) is 0. The Kier molecular flexibility index (Phi) is 6.20. The second-order valence-corrected chi connectivity index (χ2v) is 9.92. The van der Waals surface area contributed by atoms with E-state index in [-0.39, 0.29) is 0 Å². The maximum Gasteiger partial charge on any atom is 0.0468 e. The van der Waals surface area contributed by atoms with Crippen LogP contribution in [-0.4, -0.2) is 0 Å². The third kappa shape index (κ3) is 4.57. The fourth-order valence-electron chi connectivity index (χ4n) is 5.43. The number of anilines is 6. The van der Waals surface area contributed by atoms with E-state index in [0.717, 1.165) is 34.1 Å². The molecule has 190 valence electrons. The number of fused-ring (bicyclic) bond motifs is 2. The fourth-order valence-corrected chi connectivity index (χ4v) is 5.43. The Balaban J connectivity index is 1.35. The Labute approximate surface area is 235 Å². The Morgan fingerprint density at radius 1 is 0.225 bits per heavy atom. The summed E-state index contributed by atoms with van der Waals surface area (Å²) in [6.45, 7) is 0. The van der Waals surface area contributed by atoms with Gasteiger partial charge in [0, 0.05) is 34.1 Å². The van der Waals surface area contributed by atoms with Crippen LogP contribution in [0.5, 0.6) is 0 Å². The molecule has 0 aliphatic heterocycles. The number of para-hydroxylation sites is 2. The zero-order valence-electron chi connectivity index (χ0n) is 22.1. The van der Waals surface area contributed by atoms with Crippen molar-refractivity contribution in [3.63, 3.8) is 0 Å². The lowest BCUT2D eigenvalue weighted by Gasteiger charge is -2.28. The molecule has 0 saturated heterocycles. The predicted octanol–water partition coefficient (Wildman–Crippen LogP) is 10.9. The van der Waals surface area contributed by atoms with Gasteiger partial charge in [-0.2, -0.15) is 0 Å². The van der Waals surface area contributed by atoms with Gasteiger partial charge in [0.1, 0.15) is 0 Å². The molecule has 7 rings (SSSR count). The van der Waals surface area contributed by atoms with Crippen molar-refractivity contribution in [3.8, 4) is 0 Å². The fraction of sp³-hybridized carbons (Fsp3) is 0. The minimum Gasteiger partial charge on any atom is -0.311 e. The van der Waals surface area contributed by atoms with Crippen LogP contribution in [0.4, 0.5) is 34.1 Å². The van der Waals surface area contributed by atoms with Gasteiger partial charge in [0.15, 0.2) is 0 Å². The second kappa shape index (κ2) is 10.4. The number of rotatable bonds is 6. The summed E-state index contributed by atoms with van der Waals surface area (Å²) in [5, 5.41) is 4.92. The first kappa shape index (κ1) is 23.8. The molecule has 0 heterocycles. The number of nitrogens with zero attached hydrogens (tertiary/aromatic N) is 2. The van der Waals surface area contributed by atoms with E-state index in [1.807, 2.05) is 0 Å². The molecule has 0 spiro atoms. The monoisotopic (exact) mass is 512 g/mol. The van der Waals surface area contributed by atoms with Gasteiger partial charge in [-0.15, -0.1) is 0 Å². The van der Waals surface area contributed by atoms with Crippen LogP contribution in [0.15, 0.2) is 170 Å². The van der Waals surface area contributed by atoms with Crippen LogP contribution in [0.1, 0.15) is 0 Å². The van der Waals surface area contributed by atoms with E-state index in [0.29, 0.717) is 0 Å². The molecule has 0 saturated carbocycles. The van der Waals surface area contributed by atoms with E-state index >= 15 is 0 Å². The van der Waals surface area contributed by atoms with Gasteiger partial charge >= 0.3 is 0 Å². The summed E-state index contributed by atoms with van der Waals surface area (Å²) in [4.78, 5) is 4.64. The van der Waals surface area contributed by atoms with Crippen molar-refractivity contribution in [2.75, 3.05) is 9.80 Å². The first-order valence-electron chi connectivity index (χ1n) is 13.6. The van der Waals surface area contributed by atoms with Gasteiger partial charge in [-0.05, 0) is 94.3 Å². The minimum absolute atomic E-state index is 1.11. The van der Waals surface area contributed by atoms with E-state index in [4.69, 9.17) is 0 Å². The van der Waals surface area contributed by atoms with E-state index in [9.17, 15) is 0 Å². The van der Waals surface area contributed by atoms with Gasteiger partial charge in [0.2, 0.25) is 0 Å².